The lowest BCUT2D eigenvalue weighted by atomic mass is 9.85. The Bertz CT molecular complexity index is 1500. The van der Waals surface area contributed by atoms with Gasteiger partial charge in [-0.05, 0) is 49.4 Å². The summed E-state index contributed by atoms with van der Waals surface area (Å²) in [7, 11) is 0. The van der Waals surface area contributed by atoms with Crippen molar-refractivity contribution in [3.05, 3.63) is 60.3 Å². The number of aromatic amines is 1. The maximum atomic E-state index is 6.06. The highest BCUT2D eigenvalue weighted by molar-refractivity contribution is 5.94. The zero-order chi connectivity index (χ0) is 25.7. The average molecular weight is 549 g/mol. The zero-order valence-electron chi connectivity index (χ0n) is 22.5. The highest BCUT2D eigenvalue weighted by Gasteiger charge is 2.16. The Hall–Kier alpha value is -3.43. The first-order valence-electron chi connectivity index (χ1n) is 13.9. The summed E-state index contributed by atoms with van der Waals surface area (Å²) in [6, 6.07) is 8.28. The summed E-state index contributed by atoms with van der Waals surface area (Å²) in [5, 5.41) is 20.8. The summed E-state index contributed by atoms with van der Waals surface area (Å²) < 4.78 is 10.00. The van der Waals surface area contributed by atoms with Gasteiger partial charge in [0.1, 0.15) is 17.1 Å². The van der Waals surface area contributed by atoms with E-state index in [1.165, 1.54) is 44.1 Å². The van der Waals surface area contributed by atoms with Gasteiger partial charge in [-0.3, -0.25) is 5.10 Å². The largest absolute Gasteiger partial charge is 0.493 e. The minimum atomic E-state index is 0. The second-order valence-electron chi connectivity index (χ2n) is 10.5. The van der Waals surface area contributed by atoms with Gasteiger partial charge in [-0.25, -0.2) is 9.67 Å². The van der Waals surface area contributed by atoms with Crippen LogP contribution in [0.15, 0.2) is 49.1 Å². The molecule has 39 heavy (non-hydrogen) atoms. The summed E-state index contributed by atoms with van der Waals surface area (Å²) in [6.45, 7) is 5.47. The van der Waals surface area contributed by atoms with Gasteiger partial charge in [-0.1, -0.05) is 43.9 Å². The van der Waals surface area contributed by atoms with Gasteiger partial charge in [0.2, 0.25) is 0 Å². The van der Waals surface area contributed by atoms with Crippen LogP contribution in [0.5, 0.6) is 5.75 Å². The number of aromatic nitrogens is 7. The molecule has 1 aliphatic carbocycles. The molecule has 1 fully saturated rings. The molecule has 0 unspecified atom stereocenters. The highest BCUT2D eigenvalue weighted by Crippen LogP contribution is 2.31. The summed E-state index contributed by atoms with van der Waals surface area (Å²) in [5.41, 5.74) is 5.82. The van der Waals surface area contributed by atoms with Crippen LogP contribution in [0.1, 0.15) is 63.1 Å². The number of hydrogen-bond donors (Lipinski definition) is 2. The smallest absolute Gasteiger partial charge is 0.137 e. The lowest BCUT2D eigenvalue weighted by molar-refractivity contribution is 0.301. The maximum absolute atomic E-state index is 6.06. The average Bonchev–Trinajstić information content (AvgIpc) is 3.64. The minimum absolute atomic E-state index is 0. The standard InChI is InChI=1S/C29H36N8O.ClH/c1-2-3-4-5-11-38-24-12-25(26-16-31-33-27(26)13-24)28-20-37(35-34-28)19-23-18-36-17-22(9-10-29(36)32-23)15-30-14-21-7-6-8-21;/h9-10,12-13,16-18,20-21,30H,2-8,11,14-15,19H2,1H3,(H,31,33);1H. The van der Waals surface area contributed by atoms with E-state index in [0.717, 1.165) is 64.7 Å². The Morgan fingerprint density at radius 1 is 1.10 bits per heavy atom. The van der Waals surface area contributed by atoms with Gasteiger partial charge in [0, 0.05) is 36.0 Å². The first kappa shape index (κ1) is 27.1. The number of nitrogens with one attached hydrogen (secondary N) is 2. The predicted octanol–water partition coefficient (Wildman–Crippen LogP) is 5.79. The molecule has 0 saturated heterocycles. The normalized spacial score (nSPS) is 13.6. The van der Waals surface area contributed by atoms with Crippen LogP contribution in [0.4, 0.5) is 0 Å². The third kappa shape index (κ3) is 6.42. The molecule has 6 rings (SSSR count). The number of pyridine rings is 1. The fourth-order valence-corrected chi connectivity index (χ4v) is 5.09. The first-order chi connectivity index (χ1) is 18.7. The molecule has 4 aromatic heterocycles. The Morgan fingerprint density at radius 3 is 2.87 bits per heavy atom. The molecule has 9 nitrogen and oxygen atoms in total. The van der Waals surface area contributed by atoms with Crippen LogP contribution >= 0.6 is 12.4 Å². The quantitative estimate of drug-likeness (QED) is 0.181. The van der Waals surface area contributed by atoms with Gasteiger partial charge < -0.3 is 14.5 Å². The molecule has 0 atom stereocenters. The SMILES string of the molecule is CCCCCCOc1cc(-c2cn(Cc3cn4cc(CNCC5CCC5)ccc4n3)nn2)c2cn[nH]c2c1.Cl. The van der Waals surface area contributed by atoms with Crippen molar-refractivity contribution in [3.63, 3.8) is 0 Å². The van der Waals surface area contributed by atoms with Gasteiger partial charge in [-0.15, -0.1) is 17.5 Å². The molecule has 1 saturated carbocycles. The van der Waals surface area contributed by atoms with E-state index in [1.807, 2.05) is 29.2 Å². The molecule has 206 valence electrons. The summed E-state index contributed by atoms with van der Waals surface area (Å²) in [6.07, 6.45) is 16.8. The van der Waals surface area contributed by atoms with E-state index in [4.69, 9.17) is 9.72 Å². The molecular formula is C29H37ClN8O. The van der Waals surface area contributed by atoms with E-state index in [-0.39, 0.29) is 12.4 Å². The van der Waals surface area contributed by atoms with Gasteiger partial charge in [-0.2, -0.15) is 5.10 Å². The number of H-pyrrole nitrogens is 1. The Kier molecular flexibility index (Phi) is 8.78. The number of halogens is 1. The number of benzene rings is 1. The van der Waals surface area contributed by atoms with Crippen molar-refractivity contribution in [1.82, 2.24) is 39.9 Å². The van der Waals surface area contributed by atoms with Crippen LogP contribution < -0.4 is 10.1 Å². The molecule has 0 spiro atoms. The van der Waals surface area contributed by atoms with Crippen LogP contribution in [0.3, 0.4) is 0 Å². The van der Waals surface area contributed by atoms with Crippen LogP contribution in [0.2, 0.25) is 0 Å². The molecule has 0 aliphatic heterocycles. The lowest BCUT2D eigenvalue weighted by Crippen LogP contribution is -2.26. The topological polar surface area (TPSA) is 98.0 Å². The number of hydrogen-bond acceptors (Lipinski definition) is 6. The first-order valence-corrected chi connectivity index (χ1v) is 13.9. The molecule has 0 amide bonds. The summed E-state index contributed by atoms with van der Waals surface area (Å²) in [5.74, 6) is 1.68. The highest BCUT2D eigenvalue weighted by atomic mass is 35.5. The molecule has 0 radical (unpaired) electrons. The third-order valence-electron chi connectivity index (χ3n) is 7.49. The van der Waals surface area contributed by atoms with Crippen LogP contribution in [0, 0.1) is 5.92 Å². The number of imidazole rings is 1. The van der Waals surface area contributed by atoms with E-state index >= 15 is 0 Å². The van der Waals surface area contributed by atoms with Crippen LogP contribution in [-0.2, 0) is 13.1 Å². The number of rotatable bonds is 13. The number of nitrogens with zero attached hydrogens (tertiary/aromatic N) is 6. The van der Waals surface area contributed by atoms with Crippen molar-refractivity contribution in [3.8, 4) is 17.0 Å². The van der Waals surface area contributed by atoms with Crippen molar-refractivity contribution in [2.75, 3.05) is 13.2 Å². The number of ether oxygens (including phenoxy) is 1. The Morgan fingerprint density at radius 2 is 2.03 bits per heavy atom. The zero-order valence-corrected chi connectivity index (χ0v) is 23.3. The van der Waals surface area contributed by atoms with Crippen LogP contribution in [0.25, 0.3) is 27.8 Å². The van der Waals surface area contributed by atoms with Crippen molar-refractivity contribution >= 4 is 29.0 Å². The molecule has 4 heterocycles. The molecule has 2 N–H and O–H groups in total. The predicted molar refractivity (Wildman–Crippen MR) is 155 cm³/mol. The molecule has 0 bridgehead atoms. The van der Waals surface area contributed by atoms with E-state index in [1.54, 1.807) is 0 Å². The second kappa shape index (κ2) is 12.6. The minimum Gasteiger partial charge on any atom is -0.493 e. The Labute approximate surface area is 234 Å². The van der Waals surface area contributed by atoms with Crippen LogP contribution in [-0.4, -0.2) is 47.7 Å². The van der Waals surface area contributed by atoms with E-state index in [0.29, 0.717) is 13.2 Å². The van der Waals surface area contributed by atoms with Crippen molar-refractivity contribution in [1.29, 1.82) is 0 Å². The molecular weight excluding hydrogens is 512 g/mol. The monoisotopic (exact) mass is 548 g/mol. The summed E-state index contributed by atoms with van der Waals surface area (Å²) in [4.78, 5) is 4.79. The van der Waals surface area contributed by atoms with E-state index in [2.05, 4.69) is 61.7 Å². The van der Waals surface area contributed by atoms with Gasteiger partial charge >= 0.3 is 0 Å². The fraction of sp³-hybridized carbons (Fsp3) is 0.448. The molecule has 1 aliphatic rings. The molecule has 10 heteroatoms. The lowest BCUT2D eigenvalue weighted by Gasteiger charge is -2.25. The van der Waals surface area contributed by atoms with E-state index < -0.39 is 0 Å². The Balaban J connectivity index is 0.00000308. The fourth-order valence-electron chi connectivity index (χ4n) is 5.09. The molecule has 1 aromatic carbocycles. The van der Waals surface area contributed by atoms with Gasteiger partial charge in [0.05, 0.1) is 36.8 Å². The van der Waals surface area contributed by atoms with Crippen molar-refractivity contribution in [2.24, 2.45) is 5.92 Å². The van der Waals surface area contributed by atoms with Gasteiger partial charge in [0.15, 0.2) is 0 Å². The maximum Gasteiger partial charge on any atom is 0.137 e. The third-order valence-corrected chi connectivity index (χ3v) is 7.49. The van der Waals surface area contributed by atoms with Crippen molar-refractivity contribution in [2.45, 2.75) is 65.0 Å². The molecule has 5 aromatic rings. The summed E-state index contributed by atoms with van der Waals surface area (Å²) >= 11 is 0. The number of fused-ring (bicyclic) bond motifs is 2. The second-order valence-corrected chi connectivity index (χ2v) is 10.5. The van der Waals surface area contributed by atoms with E-state index in [9.17, 15) is 0 Å². The van der Waals surface area contributed by atoms with Gasteiger partial charge in [0.25, 0.3) is 0 Å². The number of unbranched alkanes of at least 4 members (excludes halogenated alkanes) is 3. The van der Waals surface area contributed by atoms with Crippen molar-refractivity contribution < 1.29 is 4.74 Å².